The van der Waals surface area contributed by atoms with Crippen molar-refractivity contribution in [1.29, 1.82) is 0 Å². The van der Waals surface area contributed by atoms with Gasteiger partial charge in [0.1, 0.15) is 17.1 Å². The molecule has 0 aliphatic carbocycles. The van der Waals surface area contributed by atoms with Crippen molar-refractivity contribution in [3.05, 3.63) is 70.9 Å². The standard InChI is InChI=1S/C26H31N5O5.C2H5NO2/c1-26(2,3)36-25(35)31-20-13-9-8-11-18(20)28-21(31)17-30-16-10-12-19(24(30)34)29-23(33)15-7-5-6-14-22(32)27-4;1-5-2(3)4/h6,8-14,16H,5,7,15,17H2,1-4H3,(H,27,32)(H,29,33);1H3,(H2,3,4)/b14-6+;. The summed E-state index contributed by atoms with van der Waals surface area (Å²) in [4.78, 5) is 63.5. The molecule has 4 N–H and O–H groups in total. The molecule has 0 atom stereocenters. The molecule has 0 aliphatic heterocycles. The summed E-state index contributed by atoms with van der Waals surface area (Å²) in [6.45, 7) is 5.33. The number of benzene rings is 1. The minimum absolute atomic E-state index is 0.000748. The Bertz CT molecular complexity index is 1470. The number of amides is 3. The average molecular weight is 569 g/mol. The zero-order valence-corrected chi connectivity index (χ0v) is 23.8. The molecule has 0 bridgehead atoms. The Morgan fingerprint density at radius 3 is 2.41 bits per heavy atom. The predicted molar refractivity (Wildman–Crippen MR) is 153 cm³/mol. The van der Waals surface area contributed by atoms with Crippen molar-refractivity contribution < 1.29 is 28.7 Å². The first kappa shape index (κ1) is 32.3. The maximum absolute atomic E-state index is 13.1. The number of likely N-dealkylation sites (N-methyl/N-ethyl adjacent to an activating group) is 1. The fourth-order valence-electron chi connectivity index (χ4n) is 3.47. The van der Waals surface area contributed by atoms with Crippen molar-refractivity contribution in [2.24, 2.45) is 5.73 Å². The molecule has 0 saturated carbocycles. The lowest BCUT2D eigenvalue weighted by Gasteiger charge is -2.20. The molecule has 0 fully saturated rings. The number of carbonyl (C=O) groups excluding carboxylic acids is 4. The molecule has 0 saturated heterocycles. The Kier molecular flexibility index (Phi) is 11.8. The second-order valence-corrected chi connectivity index (χ2v) is 9.67. The number of fused-ring (bicyclic) bond motifs is 1. The van der Waals surface area contributed by atoms with E-state index in [2.05, 4.69) is 26.1 Å². The number of imidazole rings is 1. The number of para-hydroxylation sites is 2. The van der Waals surface area contributed by atoms with Crippen LogP contribution in [-0.2, 0) is 25.6 Å². The second-order valence-electron chi connectivity index (χ2n) is 9.67. The van der Waals surface area contributed by atoms with Crippen LogP contribution in [0.1, 0.15) is 45.9 Å². The smallest absolute Gasteiger partial charge is 0.420 e. The Labute approximate surface area is 237 Å². The number of aromatic nitrogens is 3. The minimum atomic E-state index is -0.745. The summed E-state index contributed by atoms with van der Waals surface area (Å²) in [5, 5.41) is 5.13. The largest absolute Gasteiger partial charge is 0.453 e. The average Bonchev–Trinajstić information content (AvgIpc) is 3.28. The molecule has 3 aromatic rings. The van der Waals surface area contributed by atoms with E-state index in [1.54, 1.807) is 64.4 Å². The van der Waals surface area contributed by atoms with E-state index >= 15 is 0 Å². The van der Waals surface area contributed by atoms with Gasteiger partial charge in [0.15, 0.2) is 0 Å². The van der Waals surface area contributed by atoms with Crippen molar-refractivity contribution >= 4 is 40.7 Å². The maximum Gasteiger partial charge on any atom is 0.420 e. The van der Waals surface area contributed by atoms with Crippen LogP contribution in [0.25, 0.3) is 11.0 Å². The van der Waals surface area contributed by atoms with E-state index in [1.165, 1.54) is 28.4 Å². The Morgan fingerprint density at radius 2 is 1.78 bits per heavy atom. The summed E-state index contributed by atoms with van der Waals surface area (Å²) >= 11 is 0. The highest BCUT2D eigenvalue weighted by Gasteiger charge is 2.23. The number of pyridine rings is 1. The van der Waals surface area contributed by atoms with Crippen LogP contribution in [-0.4, -0.2) is 57.9 Å². The Morgan fingerprint density at radius 1 is 1.10 bits per heavy atom. The molecular formula is C28H36N6O7. The van der Waals surface area contributed by atoms with E-state index in [4.69, 9.17) is 4.74 Å². The van der Waals surface area contributed by atoms with Gasteiger partial charge in [-0.05, 0) is 64.0 Å². The predicted octanol–water partition coefficient (Wildman–Crippen LogP) is 3.15. The number of hydrogen-bond donors (Lipinski definition) is 3. The molecule has 0 spiro atoms. The number of ether oxygens (including phenoxy) is 2. The number of primary amides is 1. The first-order valence-corrected chi connectivity index (χ1v) is 12.8. The van der Waals surface area contributed by atoms with Gasteiger partial charge in [0.25, 0.3) is 5.56 Å². The molecule has 3 rings (SSSR count). The topological polar surface area (TPSA) is 177 Å². The highest BCUT2D eigenvalue weighted by atomic mass is 16.6. The molecule has 220 valence electrons. The highest BCUT2D eigenvalue weighted by Crippen LogP contribution is 2.19. The Hall–Kier alpha value is -4.94. The van der Waals surface area contributed by atoms with E-state index in [1.807, 2.05) is 6.07 Å². The minimum Gasteiger partial charge on any atom is -0.453 e. The van der Waals surface area contributed by atoms with Gasteiger partial charge in [-0.1, -0.05) is 18.2 Å². The maximum atomic E-state index is 13.1. The van der Waals surface area contributed by atoms with Gasteiger partial charge in [0.05, 0.1) is 24.7 Å². The summed E-state index contributed by atoms with van der Waals surface area (Å²) in [5.74, 6) is -0.178. The van der Waals surface area contributed by atoms with Crippen LogP contribution < -0.4 is 21.9 Å². The van der Waals surface area contributed by atoms with Gasteiger partial charge in [0, 0.05) is 19.7 Å². The van der Waals surface area contributed by atoms with Crippen LogP contribution in [0.2, 0.25) is 0 Å². The van der Waals surface area contributed by atoms with Crippen molar-refractivity contribution in [1.82, 2.24) is 19.4 Å². The SMILES string of the molecule is CNC(=O)/C=C/CCCC(=O)Nc1cccn(Cc2nc3ccccc3n2C(=O)OC(C)(C)C)c1=O.COC(N)=O. The normalized spacial score (nSPS) is 11.0. The molecule has 2 aromatic heterocycles. The fraction of sp³-hybridized carbons (Fsp3) is 0.357. The van der Waals surface area contributed by atoms with E-state index in [0.717, 1.165) is 0 Å². The molecule has 41 heavy (non-hydrogen) atoms. The number of unbranched alkanes of at least 4 members (excludes halogenated alkanes) is 1. The molecule has 0 unspecified atom stereocenters. The monoisotopic (exact) mass is 568 g/mol. The zero-order chi connectivity index (χ0) is 30.6. The van der Waals surface area contributed by atoms with Crippen LogP contribution >= 0.6 is 0 Å². The number of hydrogen-bond acceptors (Lipinski definition) is 8. The quantitative estimate of drug-likeness (QED) is 0.274. The first-order chi connectivity index (χ1) is 19.4. The molecule has 0 radical (unpaired) electrons. The van der Waals surface area contributed by atoms with Crippen molar-refractivity contribution in [2.45, 2.75) is 52.2 Å². The van der Waals surface area contributed by atoms with Crippen molar-refractivity contribution in [2.75, 3.05) is 19.5 Å². The van der Waals surface area contributed by atoms with E-state index in [9.17, 15) is 24.0 Å². The van der Waals surface area contributed by atoms with Gasteiger partial charge < -0.3 is 30.4 Å². The lowest BCUT2D eigenvalue weighted by atomic mass is 10.2. The number of nitrogens with two attached hydrogens (primary N) is 1. The fourth-order valence-corrected chi connectivity index (χ4v) is 3.47. The molecule has 3 amide bonds. The van der Waals surface area contributed by atoms with E-state index in [0.29, 0.717) is 29.7 Å². The summed E-state index contributed by atoms with van der Waals surface area (Å²) in [6.07, 6.45) is 4.62. The number of carbonyl (C=O) groups is 4. The summed E-state index contributed by atoms with van der Waals surface area (Å²) < 4.78 is 12.2. The lowest BCUT2D eigenvalue weighted by molar-refractivity contribution is -0.116. The molecule has 2 heterocycles. The lowest BCUT2D eigenvalue weighted by Crippen LogP contribution is -2.30. The van der Waals surface area contributed by atoms with Crippen molar-refractivity contribution in [3.8, 4) is 0 Å². The zero-order valence-electron chi connectivity index (χ0n) is 23.8. The summed E-state index contributed by atoms with van der Waals surface area (Å²) in [5.41, 5.74) is 4.60. The summed E-state index contributed by atoms with van der Waals surface area (Å²) in [7, 11) is 2.77. The van der Waals surface area contributed by atoms with Crippen LogP contribution in [0.5, 0.6) is 0 Å². The first-order valence-electron chi connectivity index (χ1n) is 12.8. The van der Waals surface area contributed by atoms with Crippen LogP contribution in [0, 0.1) is 0 Å². The van der Waals surface area contributed by atoms with Crippen LogP contribution in [0.15, 0.2) is 59.5 Å². The molecular weight excluding hydrogens is 532 g/mol. The number of methoxy groups -OCH3 is 1. The number of nitrogens with zero attached hydrogens (tertiary/aromatic N) is 3. The molecule has 13 nitrogen and oxygen atoms in total. The molecule has 1 aromatic carbocycles. The molecule has 0 aliphatic rings. The Balaban J connectivity index is 0.00000108. The third-order valence-corrected chi connectivity index (χ3v) is 5.30. The summed E-state index contributed by atoms with van der Waals surface area (Å²) in [6, 6.07) is 10.3. The molecule has 13 heteroatoms. The highest BCUT2D eigenvalue weighted by molar-refractivity contribution is 5.90. The van der Waals surface area contributed by atoms with E-state index in [-0.39, 0.29) is 30.5 Å². The van der Waals surface area contributed by atoms with Gasteiger partial charge in [-0.25, -0.2) is 19.1 Å². The van der Waals surface area contributed by atoms with Crippen molar-refractivity contribution in [3.63, 3.8) is 0 Å². The van der Waals surface area contributed by atoms with Crippen LogP contribution in [0.4, 0.5) is 15.3 Å². The third kappa shape index (κ3) is 10.3. The number of anilines is 1. The third-order valence-electron chi connectivity index (χ3n) is 5.30. The van der Waals surface area contributed by atoms with Gasteiger partial charge in [-0.3, -0.25) is 14.4 Å². The van der Waals surface area contributed by atoms with Gasteiger partial charge in [-0.15, -0.1) is 0 Å². The number of nitrogens with one attached hydrogen (secondary N) is 2. The van der Waals surface area contributed by atoms with Gasteiger partial charge in [-0.2, -0.15) is 0 Å². The van der Waals surface area contributed by atoms with Gasteiger partial charge >= 0.3 is 12.2 Å². The van der Waals surface area contributed by atoms with Crippen LogP contribution in [0.3, 0.4) is 0 Å². The second kappa shape index (κ2) is 15.0. The van der Waals surface area contributed by atoms with E-state index < -0.39 is 23.3 Å². The number of allylic oxidation sites excluding steroid dienone is 1. The van der Waals surface area contributed by atoms with Gasteiger partial charge in [0.2, 0.25) is 11.8 Å². The number of rotatable bonds is 8.